The summed E-state index contributed by atoms with van der Waals surface area (Å²) in [5.41, 5.74) is 1.35. The molecular weight excluding hydrogens is 299 g/mol. The van der Waals surface area contributed by atoms with Crippen LogP contribution < -0.4 is 5.32 Å². The van der Waals surface area contributed by atoms with Gasteiger partial charge in [-0.3, -0.25) is 0 Å². The third-order valence-electron chi connectivity index (χ3n) is 3.84. The van der Waals surface area contributed by atoms with E-state index in [2.05, 4.69) is 5.32 Å². The number of nitrogens with one attached hydrogen (secondary N) is 1. The molecule has 1 aliphatic rings. The van der Waals surface area contributed by atoms with Gasteiger partial charge >= 0.3 is 0 Å². The summed E-state index contributed by atoms with van der Waals surface area (Å²) in [6.07, 6.45) is 1.65. The van der Waals surface area contributed by atoms with E-state index >= 15 is 0 Å². The highest BCUT2D eigenvalue weighted by Crippen LogP contribution is 2.41. The highest BCUT2D eigenvalue weighted by Gasteiger charge is 2.31. The van der Waals surface area contributed by atoms with E-state index < -0.39 is 17.5 Å². The zero-order valence-electron chi connectivity index (χ0n) is 11.0. The molecule has 1 aliphatic carbocycles. The lowest BCUT2D eigenvalue weighted by Crippen LogP contribution is -2.34. The summed E-state index contributed by atoms with van der Waals surface area (Å²) in [6.45, 7) is 0. The van der Waals surface area contributed by atoms with Crippen LogP contribution >= 0.6 is 11.6 Å². The summed E-state index contributed by atoms with van der Waals surface area (Å²) in [5.74, 6) is -3.46. The first kappa shape index (κ1) is 14.3. The van der Waals surface area contributed by atoms with Crippen LogP contribution in [0.25, 0.3) is 0 Å². The Morgan fingerprint density at radius 2 is 1.62 bits per heavy atom. The van der Waals surface area contributed by atoms with E-state index in [-0.39, 0.29) is 11.7 Å². The van der Waals surface area contributed by atoms with E-state index in [1.807, 2.05) is 24.3 Å². The molecule has 2 aromatic rings. The quantitative estimate of drug-likeness (QED) is 0.776. The van der Waals surface area contributed by atoms with Crippen molar-refractivity contribution in [2.75, 3.05) is 5.32 Å². The summed E-state index contributed by atoms with van der Waals surface area (Å²) in [6, 6.07) is 9.71. The van der Waals surface area contributed by atoms with Crippen LogP contribution in [0.5, 0.6) is 0 Å². The average molecular weight is 312 g/mol. The van der Waals surface area contributed by atoms with Gasteiger partial charge in [-0.2, -0.15) is 0 Å². The van der Waals surface area contributed by atoms with E-state index in [1.165, 1.54) is 0 Å². The molecule has 0 atom stereocenters. The third-order valence-corrected chi connectivity index (χ3v) is 4.18. The maximum Gasteiger partial charge on any atom is 0.194 e. The smallest absolute Gasteiger partial charge is 0.194 e. The lowest BCUT2D eigenvalue weighted by atomic mass is 9.76. The largest absolute Gasteiger partial charge is 0.382 e. The molecule has 0 heterocycles. The van der Waals surface area contributed by atoms with Crippen LogP contribution in [0.1, 0.15) is 24.3 Å². The summed E-state index contributed by atoms with van der Waals surface area (Å²) in [5, 5.41) is 3.75. The summed E-state index contributed by atoms with van der Waals surface area (Å²) < 4.78 is 39.1. The number of anilines is 1. The molecule has 0 saturated heterocycles. The lowest BCUT2D eigenvalue weighted by Gasteiger charge is -2.37. The number of rotatable bonds is 3. The standard InChI is InChI=1S/C16H13ClF3N/c17-13-4-2-1-3-12(13)9-5-10(6-9)21-11-7-14(18)16(20)15(19)8-11/h1-4,7-10,21H,5-6H2. The van der Waals surface area contributed by atoms with Gasteiger partial charge in [0.25, 0.3) is 0 Å². The molecule has 0 aromatic heterocycles. The predicted octanol–water partition coefficient (Wildman–Crippen LogP) is 5.12. The van der Waals surface area contributed by atoms with Crippen molar-refractivity contribution in [2.45, 2.75) is 24.8 Å². The second kappa shape index (κ2) is 5.60. The minimum absolute atomic E-state index is 0.107. The zero-order chi connectivity index (χ0) is 15.0. The fourth-order valence-corrected chi connectivity index (χ4v) is 2.96. The molecule has 0 bridgehead atoms. The maximum absolute atomic E-state index is 13.1. The molecule has 0 unspecified atom stereocenters. The predicted molar refractivity (Wildman–Crippen MR) is 77.2 cm³/mol. The zero-order valence-corrected chi connectivity index (χ0v) is 11.8. The van der Waals surface area contributed by atoms with E-state index in [9.17, 15) is 13.2 Å². The van der Waals surface area contributed by atoms with Crippen LogP contribution in [0.2, 0.25) is 5.02 Å². The molecule has 1 nitrogen and oxygen atoms in total. The molecule has 3 rings (SSSR count). The minimum atomic E-state index is -1.44. The van der Waals surface area contributed by atoms with Crippen molar-refractivity contribution in [3.63, 3.8) is 0 Å². The van der Waals surface area contributed by atoms with Crippen LogP contribution in [0, 0.1) is 17.5 Å². The van der Waals surface area contributed by atoms with Gasteiger partial charge < -0.3 is 5.32 Å². The molecular formula is C16H13ClF3N. The van der Waals surface area contributed by atoms with E-state index in [1.54, 1.807) is 0 Å². The Bertz CT molecular complexity index is 645. The molecule has 5 heteroatoms. The fourth-order valence-electron chi connectivity index (χ4n) is 2.67. The second-order valence-electron chi connectivity index (χ2n) is 5.28. The number of halogens is 4. The molecule has 1 fully saturated rings. The van der Waals surface area contributed by atoms with Crippen LogP contribution in [0.15, 0.2) is 36.4 Å². The van der Waals surface area contributed by atoms with E-state index in [0.29, 0.717) is 5.92 Å². The third kappa shape index (κ3) is 2.86. The highest BCUT2D eigenvalue weighted by molar-refractivity contribution is 6.31. The van der Waals surface area contributed by atoms with Gasteiger partial charge in [-0.25, -0.2) is 13.2 Å². The molecule has 0 spiro atoms. The molecule has 0 amide bonds. The van der Waals surface area contributed by atoms with Crippen molar-refractivity contribution in [1.82, 2.24) is 0 Å². The Morgan fingerprint density at radius 3 is 2.24 bits per heavy atom. The first-order chi connectivity index (χ1) is 10.0. The SMILES string of the molecule is Fc1cc(NC2CC(c3ccccc3Cl)C2)cc(F)c1F. The van der Waals surface area contributed by atoms with Gasteiger partial charge in [0.1, 0.15) is 0 Å². The number of hydrogen-bond acceptors (Lipinski definition) is 1. The molecule has 1 N–H and O–H groups in total. The van der Waals surface area contributed by atoms with Gasteiger partial charge in [0, 0.05) is 28.9 Å². The van der Waals surface area contributed by atoms with E-state index in [0.717, 1.165) is 35.6 Å². The normalized spacial score (nSPS) is 21.0. The lowest BCUT2D eigenvalue weighted by molar-refractivity contribution is 0.373. The van der Waals surface area contributed by atoms with Crippen molar-refractivity contribution in [1.29, 1.82) is 0 Å². The van der Waals surface area contributed by atoms with Crippen LogP contribution in [0.3, 0.4) is 0 Å². The van der Waals surface area contributed by atoms with E-state index in [4.69, 9.17) is 11.6 Å². The number of benzene rings is 2. The second-order valence-corrected chi connectivity index (χ2v) is 5.69. The van der Waals surface area contributed by atoms with Gasteiger partial charge in [0.2, 0.25) is 0 Å². The van der Waals surface area contributed by atoms with Crippen molar-refractivity contribution in [3.05, 3.63) is 64.4 Å². The number of hydrogen-bond donors (Lipinski definition) is 1. The van der Waals surface area contributed by atoms with Crippen LogP contribution in [0.4, 0.5) is 18.9 Å². The van der Waals surface area contributed by atoms with Gasteiger partial charge in [-0.05, 0) is 30.4 Å². The molecule has 1 saturated carbocycles. The average Bonchev–Trinajstić information content (AvgIpc) is 2.41. The molecule has 0 aliphatic heterocycles. The Morgan fingerprint density at radius 1 is 1.00 bits per heavy atom. The summed E-state index contributed by atoms with van der Waals surface area (Å²) in [4.78, 5) is 0. The van der Waals surface area contributed by atoms with Gasteiger partial charge in [-0.1, -0.05) is 29.8 Å². The Hall–Kier alpha value is -1.68. The van der Waals surface area contributed by atoms with Crippen LogP contribution in [-0.4, -0.2) is 6.04 Å². The van der Waals surface area contributed by atoms with Gasteiger partial charge in [-0.15, -0.1) is 0 Å². The minimum Gasteiger partial charge on any atom is -0.382 e. The summed E-state index contributed by atoms with van der Waals surface area (Å²) in [7, 11) is 0. The Labute approximate surface area is 125 Å². The Kier molecular flexibility index (Phi) is 3.81. The molecule has 2 aromatic carbocycles. The first-order valence-electron chi connectivity index (χ1n) is 6.70. The van der Waals surface area contributed by atoms with Crippen molar-refractivity contribution >= 4 is 17.3 Å². The molecule has 0 radical (unpaired) electrons. The van der Waals surface area contributed by atoms with Crippen LogP contribution in [-0.2, 0) is 0 Å². The van der Waals surface area contributed by atoms with Crippen molar-refractivity contribution < 1.29 is 13.2 Å². The monoisotopic (exact) mass is 311 g/mol. The Balaban J connectivity index is 1.64. The maximum atomic E-state index is 13.1. The highest BCUT2D eigenvalue weighted by atomic mass is 35.5. The van der Waals surface area contributed by atoms with Crippen molar-refractivity contribution in [3.8, 4) is 0 Å². The molecule has 110 valence electrons. The van der Waals surface area contributed by atoms with Gasteiger partial charge in [0.15, 0.2) is 17.5 Å². The topological polar surface area (TPSA) is 12.0 Å². The summed E-state index contributed by atoms with van der Waals surface area (Å²) >= 11 is 6.14. The van der Waals surface area contributed by atoms with Crippen molar-refractivity contribution in [2.24, 2.45) is 0 Å². The van der Waals surface area contributed by atoms with Gasteiger partial charge in [0.05, 0.1) is 0 Å². The molecule has 21 heavy (non-hydrogen) atoms. The fraction of sp³-hybridized carbons (Fsp3) is 0.250. The first-order valence-corrected chi connectivity index (χ1v) is 7.08.